The number of likely N-dealkylation sites (tertiary alicyclic amines) is 1. The van der Waals surface area contributed by atoms with Crippen molar-refractivity contribution in [2.45, 2.75) is 32.2 Å². The molecule has 6 nitrogen and oxygen atoms in total. The van der Waals surface area contributed by atoms with Gasteiger partial charge in [0.25, 0.3) is 5.69 Å². The Morgan fingerprint density at radius 3 is 2.81 bits per heavy atom. The molecule has 0 radical (unpaired) electrons. The molecule has 0 atom stereocenters. The summed E-state index contributed by atoms with van der Waals surface area (Å²) in [6.45, 7) is 5.51. The van der Waals surface area contributed by atoms with Crippen molar-refractivity contribution in [3.8, 4) is 0 Å². The van der Waals surface area contributed by atoms with E-state index in [0.29, 0.717) is 6.04 Å². The molecular formula is C15H20N4O2. The molecule has 112 valence electrons. The molecule has 0 amide bonds. The van der Waals surface area contributed by atoms with Crippen LogP contribution in [0.25, 0.3) is 10.9 Å². The first-order chi connectivity index (χ1) is 10.2. The smallest absolute Gasteiger partial charge is 0.271 e. The number of rotatable bonds is 4. The van der Waals surface area contributed by atoms with E-state index < -0.39 is 0 Å². The van der Waals surface area contributed by atoms with E-state index in [9.17, 15) is 10.1 Å². The maximum absolute atomic E-state index is 10.9. The first-order valence-electron chi connectivity index (χ1n) is 7.53. The zero-order valence-electron chi connectivity index (χ0n) is 12.2. The number of aromatic nitrogens is 2. The Labute approximate surface area is 123 Å². The Kier molecular flexibility index (Phi) is 3.88. The molecule has 0 spiro atoms. The predicted molar refractivity (Wildman–Crippen MR) is 81.4 cm³/mol. The molecule has 1 aromatic carbocycles. The molecule has 0 aliphatic carbocycles. The molecule has 1 saturated heterocycles. The summed E-state index contributed by atoms with van der Waals surface area (Å²) in [5.74, 6) is 0. The highest BCUT2D eigenvalue weighted by Gasteiger charge is 2.22. The van der Waals surface area contributed by atoms with Crippen LogP contribution in [0.3, 0.4) is 0 Å². The second-order valence-corrected chi connectivity index (χ2v) is 5.66. The van der Waals surface area contributed by atoms with Gasteiger partial charge in [0.2, 0.25) is 0 Å². The number of non-ortho nitro benzene ring substituents is 1. The van der Waals surface area contributed by atoms with Gasteiger partial charge in [-0.2, -0.15) is 5.10 Å². The monoisotopic (exact) mass is 288 g/mol. The van der Waals surface area contributed by atoms with Crippen LogP contribution in [0, 0.1) is 10.1 Å². The van der Waals surface area contributed by atoms with Crippen molar-refractivity contribution in [2.75, 3.05) is 19.6 Å². The van der Waals surface area contributed by atoms with Crippen molar-refractivity contribution in [1.82, 2.24) is 14.7 Å². The van der Waals surface area contributed by atoms with Gasteiger partial charge in [-0.1, -0.05) is 6.92 Å². The molecule has 2 aromatic rings. The zero-order valence-corrected chi connectivity index (χ0v) is 12.2. The summed E-state index contributed by atoms with van der Waals surface area (Å²) in [5, 5.41) is 16.4. The summed E-state index contributed by atoms with van der Waals surface area (Å²) >= 11 is 0. The molecule has 1 aliphatic heterocycles. The number of fused-ring (bicyclic) bond motifs is 1. The minimum Gasteiger partial charge on any atom is -0.303 e. The Morgan fingerprint density at radius 1 is 1.38 bits per heavy atom. The molecule has 0 bridgehead atoms. The first kappa shape index (κ1) is 14.0. The van der Waals surface area contributed by atoms with Crippen LogP contribution >= 0.6 is 0 Å². The second-order valence-electron chi connectivity index (χ2n) is 5.66. The molecule has 0 unspecified atom stereocenters. The highest BCUT2D eigenvalue weighted by atomic mass is 16.6. The number of benzene rings is 1. The third kappa shape index (κ3) is 2.76. The molecule has 1 aliphatic rings. The van der Waals surface area contributed by atoms with Crippen LogP contribution in [-0.2, 0) is 0 Å². The lowest BCUT2D eigenvalue weighted by molar-refractivity contribution is -0.384. The van der Waals surface area contributed by atoms with E-state index in [1.54, 1.807) is 18.3 Å². The van der Waals surface area contributed by atoms with Crippen molar-refractivity contribution >= 4 is 16.6 Å². The summed E-state index contributed by atoms with van der Waals surface area (Å²) in [5.41, 5.74) is 1.01. The maximum atomic E-state index is 10.9. The average molecular weight is 288 g/mol. The third-order valence-corrected chi connectivity index (χ3v) is 4.24. The summed E-state index contributed by atoms with van der Waals surface area (Å²) in [4.78, 5) is 13.1. The van der Waals surface area contributed by atoms with Gasteiger partial charge in [0.1, 0.15) is 0 Å². The summed E-state index contributed by atoms with van der Waals surface area (Å²) in [7, 11) is 0. The Hall–Kier alpha value is -1.95. The van der Waals surface area contributed by atoms with Crippen LogP contribution in [0.2, 0.25) is 0 Å². The molecule has 0 saturated carbocycles. The van der Waals surface area contributed by atoms with Crippen LogP contribution in [0.5, 0.6) is 0 Å². The average Bonchev–Trinajstić information content (AvgIpc) is 2.91. The standard InChI is InChI=1S/C15H20N4O2/c1-2-7-17-8-5-13(6-9-17)18-15-10-14(19(20)21)4-3-12(15)11-16-18/h3-4,10-11,13H,2,5-9H2,1H3. The van der Waals surface area contributed by atoms with Gasteiger partial charge in [0, 0.05) is 30.6 Å². The molecule has 1 fully saturated rings. The van der Waals surface area contributed by atoms with Gasteiger partial charge in [-0.25, -0.2) is 0 Å². The molecular weight excluding hydrogens is 268 g/mol. The zero-order chi connectivity index (χ0) is 14.8. The molecule has 3 rings (SSSR count). The van der Waals surface area contributed by atoms with Crippen molar-refractivity contribution in [3.63, 3.8) is 0 Å². The minimum atomic E-state index is -0.347. The van der Waals surface area contributed by atoms with Crippen molar-refractivity contribution in [2.24, 2.45) is 0 Å². The topological polar surface area (TPSA) is 64.2 Å². The van der Waals surface area contributed by atoms with Gasteiger partial charge in [0.15, 0.2) is 0 Å². The quantitative estimate of drug-likeness (QED) is 0.641. The number of hydrogen-bond acceptors (Lipinski definition) is 4. The van der Waals surface area contributed by atoms with E-state index in [2.05, 4.69) is 16.9 Å². The highest BCUT2D eigenvalue weighted by Crippen LogP contribution is 2.28. The summed E-state index contributed by atoms with van der Waals surface area (Å²) < 4.78 is 1.98. The van der Waals surface area contributed by atoms with Gasteiger partial charge >= 0.3 is 0 Å². The van der Waals surface area contributed by atoms with E-state index >= 15 is 0 Å². The lowest BCUT2D eigenvalue weighted by Crippen LogP contribution is -2.35. The fourth-order valence-electron chi connectivity index (χ4n) is 3.13. The Balaban J connectivity index is 1.84. The van der Waals surface area contributed by atoms with Crippen LogP contribution in [0.15, 0.2) is 24.4 Å². The molecule has 2 heterocycles. The van der Waals surface area contributed by atoms with Crippen molar-refractivity contribution in [1.29, 1.82) is 0 Å². The van der Waals surface area contributed by atoms with E-state index in [4.69, 9.17) is 0 Å². The largest absolute Gasteiger partial charge is 0.303 e. The normalized spacial score (nSPS) is 17.4. The molecule has 1 aromatic heterocycles. The van der Waals surface area contributed by atoms with Crippen LogP contribution in [0.4, 0.5) is 5.69 Å². The lowest BCUT2D eigenvalue weighted by Gasteiger charge is -2.32. The van der Waals surface area contributed by atoms with Gasteiger partial charge in [-0.3, -0.25) is 14.8 Å². The number of nitro benzene ring substituents is 1. The summed E-state index contributed by atoms with van der Waals surface area (Å²) in [6.07, 6.45) is 5.10. The number of nitro groups is 1. The molecule has 21 heavy (non-hydrogen) atoms. The van der Waals surface area contributed by atoms with Crippen LogP contribution in [-0.4, -0.2) is 39.2 Å². The SMILES string of the molecule is CCCN1CCC(n2ncc3ccc([N+](=O)[O-])cc32)CC1. The van der Waals surface area contributed by atoms with Crippen LogP contribution in [0.1, 0.15) is 32.2 Å². The van der Waals surface area contributed by atoms with Crippen molar-refractivity contribution in [3.05, 3.63) is 34.5 Å². The first-order valence-corrected chi connectivity index (χ1v) is 7.53. The molecule has 0 N–H and O–H groups in total. The fourth-order valence-corrected chi connectivity index (χ4v) is 3.13. The van der Waals surface area contributed by atoms with E-state index in [1.165, 1.54) is 12.5 Å². The lowest BCUT2D eigenvalue weighted by atomic mass is 10.0. The Morgan fingerprint density at radius 2 is 2.14 bits per heavy atom. The van der Waals surface area contributed by atoms with Gasteiger partial charge in [0.05, 0.1) is 22.7 Å². The second kappa shape index (κ2) is 5.81. The van der Waals surface area contributed by atoms with Crippen molar-refractivity contribution < 1.29 is 4.92 Å². The van der Waals surface area contributed by atoms with E-state index in [-0.39, 0.29) is 10.6 Å². The molecule has 6 heteroatoms. The van der Waals surface area contributed by atoms with E-state index in [0.717, 1.165) is 43.4 Å². The minimum absolute atomic E-state index is 0.132. The predicted octanol–water partition coefficient (Wildman–Crippen LogP) is 2.99. The number of hydrogen-bond donors (Lipinski definition) is 0. The van der Waals surface area contributed by atoms with Crippen LogP contribution < -0.4 is 0 Å². The van der Waals surface area contributed by atoms with Gasteiger partial charge in [-0.15, -0.1) is 0 Å². The number of nitrogens with zero attached hydrogens (tertiary/aromatic N) is 4. The highest BCUT2D eigenvalue weighted by molar-refractivity contribution is 5.81. The van der Waals surface area contributed by atoms with Gasteiger partial charge < -0.3 is 4.90 Å². The summed E-state index contributed by atoms with van der Waals surface area (Å²) in [6, 6.07) is 5.31. The number of piperidine rings is 1. The fraction of sp³-hybridized carbons (Fsp3) is 0.533. The van der Waals surface area contributed by atoms with Gasteiger partial charge in [-0.05, 0) is 31.9 Å². The third-order valence-electron chi connectivity index (χ3n) is 4.24. The van der Waals surface area contributed by atoms with E-state index in [1.807, 2.05) is 4.68 Å². The Bertz CT molecular complexity index is 644. The maximum Gasteiger partial charge on any atom is 0.271 e.